The molecular weight excluding hydrogens is 901 g/mol. The van der Waals surface area contributed by atoms with Gasteiger partial charge in [-0.05, 0) is 57.8 Å². The molecule has 15 nitrogen and oxygen atoms in total. The molecule has 0 aliphatic carbocycles. The second-order valence-corrected chi connectivity index (χ2v) is 19.5. The van der Waals surface area contributed by atoms with Crippen molar-refractivity contribution in [2.75, 3.05) is 26.4 Å². The van der Waals surface area contributed by atoms with Crippen molar-refractivity contribution < 1.29 is 73.8 Å². The van der Waals surface area contributed by atoms with Crippen LogP contribution in [0.1, 0.15) is 206 Å². The van der Waals surface area contributed by atoms with Gasteiger partial charge >= 0.3 is 11.9 Å². The van der Waals surface area contributed by atoms with Gasteiger partial charge in [-0.3, -0.25) is 9.59 Å². The molecule has 0 spiro atoms. The summed E-state index contributed by atoms with van der Waals surface area (Å²) in [5.41, 5.74) is 0. The SMILES string of the molecule is C=CCCCCCCCCCCCCCCCC(=O)OC[C@H](CO[C@H]1O[C@@H](CO[C@H]2O[C@@H](CO)[C@@H](O)C(O)C2O)[C@@H](O)C(O)C1O)OC(=O)CCCCCCCCCCC/C=C/C/C=C/CCCCC. The number of hydrogen-bond acceptors (Lipinski definition) is 15. The predicted octanol–water partition coefficient (Wildman–Crippen LogP) is 8.49. The van der Waals surface area contributed by atoms with E-state index in [1.165, 1.54) is 109 Å². The van der Waals surface area contributed by atoms with E-state index in [1.54, 1.807) is 0 Å². The number of aliphatic hydroxyl groups is 7. The number of unbranched alkanes of at least 4 members (excludes halogenated alkanes) is 25. The highest BCUT2D eigenvalue weighted by molar-refractivity contribution is 5.70. The summed E-state index contributed by atoms with van der Waals surface area (Å²) in [5, 5.41) is 72.2. The molecule has 2 aliphatic rings. The van der Waals surface area contributed by atoms with Crippen molar-refractivity contribution in [2.45, 2.75) is 273 Å². The Morgan fingerprint density at radius 3 is 1.43 bits per heavy atom. The number of esters is 2. The van der Waals surface area contributed by atoms with Gasteiger partial charge < -0.3 is 64.2 Å². The Morgan fingerprint density at radius 2 is 0.929 bits per heavy atom. The Bertz CT molecular complexity index is 1350. The zero-order valence-corrected chi connectivity index (χ0v) is 43.1. The lowest BCUT2D eigenvalue weighted by Crippen LogP contribution is -2.61. The molecule has 2 aliphatic heterocycles. The Hall–Kier alpha value is -2.28. The zero-order chi connectivity index (χ0) is 51.0. The third-order valence-electron chi connectivity index (χ3n) is 13.2. The molecule has 408 valence electrons. The first kappa shape index (κ1) is 63.8. The third-order valence-corrected chi connectivity index (χ3v) is 13.2. The molecule has 0 bridgehead atoms. The van der Waals surface area contributed by atoms with E-state index in [1.807, 2.05) is 6.08 Å². The van der Waals surface area contributed by atoms with Gasteiger partial charge in [-0.15, -0.1) is 6.58 Å². The molecule has 0 aromatic heterocycles. The van der Waals surface area contributed by atoms with Crippen LogP contribution in [0.3, 0.4) is 0 Å². The molecule has 0 amide bonds. The third kappa shape index (κ3) is 29.4. The molecule has 2 fully saturated rings. The summed E-state index contributed by atoms with van der Waals surface area (Å²) in [6, 6.07) is 0. The molecule has 0 aromatic rings. The minimum Gasteiger partial charge on any atom is -0.462 e. The van der Waals surface area contributed by atoms with Gasteiger partial charge in [0.1, 0.15) is 55.4 Å². The van der Waals surface area contributed by atoms with Gasteiger partial charge in [-0.2, -0.15) is 0 Å². The second-order valence-electron chi connectivity index (χ2n) is 19.5. The van der Waals surface area contributed by atoms with Crippen LogP contribution in [0.5, 0.6) is 0 Å². The van der Waals surface area contributed by atoms with Crippen molar-refractivity contribution in [1.82, 2.24) is 0 Å². The monoisotopic (exact) mass is 999 g/mol. The molecule has 4 unspecified atom stereocenters. The second kappa shape index (κ2) is 42.1. The fourth-order valence-corrected chi connectivity index (χ4v) is 8.70. The zero-order valence-electron chi connectivity index (χ0n) is 43.1. The van der Waals surface area contributed by atoms with E-state index in [0.717, 1.165) is 64.2 Å². The molecule has 7 N–H and O–H groups in total. The summed E-state index contributed by atoms with van der Waals surface area (Å²) in [6.45, 7) is 4.12. The predicted molar refractivity (Wildman–Crippen MR) is 270 cm³/mol. The Labute approximate surface area is 421 Å². The van der Waals surface area contributed by atoms with Crippen LogP contribution in [0, 0.1) is 0 Å². The molecule has 0 aromatic carbocycles. The highest BCUT2D eigenvalue weighted by Gasteiger charge is 2.47. The first-order valence-electron chi connectivity index (χ1n) is 27.5. The van der Waals surface area contributed by atoms with E-state index in [0.29, 0.717) is 12.8 Å². The van der Waals surface area contributed by atoms with Crippen LogP contribution < -0.4 is 0 Å². The van der Waals surface area contributed by atoms with Gasteiger partial charge in [0.15, 0.2) is 18.7 Å². The van der Waals surface area contributed by atoms with Crippen LogP contribution in [-0.4, -0.2) is 142 Å². The molecular formula is C55H98O15. The number of allylic oxidation sites excluding steroid dienone is 5. The van der Waals surface area contributed by atoms with Crippen LogP contribution >= 0.6 is 0 Å². The van der Waals surface area contributed by atoms with Gasteiger partial charge in [0.2, 0.25) is 0 Å². The lowest BCUT2D eigenvalue weighted by atomic mass is 9.98. The van der Waals surface area contributed by atoms with Crippen molar-refractivity contribution in [3.05, 3.63) is 37.0 Å². The van der Waals surface area contributed by atoms with Crippen molar-refractivity contribution in [3.63, 3.8) is 0 Å². The molecule has 2 heterocycles. The van der Waals surface area contributed by atoms with Gasteiger partial charge in [-0.1, -0.05) is 166 Å². The van der Waals surface area contributed by atoms with Crippen molar-refractivity contribution in [2.24, 2.45) is 0 Å². The summed E-state index contributed by atoms with van der Waals surface area (Å²) in [7, 11) is 0. The van der Waals surface area contributed by atoms with Crippen LogP contribution in [0.25, 0.3) is 0 Å². The van der Waals surface area contributed by atoms with E-state index in [4.69, 9.17) is 28.4 Å². The van der Waals surface area contributed by atoms with Crippen molar-refractivity contribution >= 4 is 11.9 Å². The van der Waals surface area contributed by atoms with Gasteiger partial charge in [0.05, 0.1) is 19.8 Å². The first-order valence-corrected chi connectivity index (χ1v) is 27.5. The van der Waals surface area contributed by atoms with E-state index < -0.39 is 92.7 Å². The Morgan fingerprint density at radius 1 is 0.500 bits per heavy atom. The fourth-order valence-electron chi connectivity index (χ4n) is 8.70. The number of aliphatic hydroxyl groups excluding tert-OH is 7. The van der Waals surface area contributed by atoms with Crippen LogP contribution in [-0.2, 0) is 38.0 Å². The number of rotatable bonds is 44. The van der Waals surface area contributed by atoms with E-state index >= 15 is 0 Å². The summed E-state index contributed by atoms with van der Waals surface area (Å²) in [6.07, 6.45) is 27.7. The van der Waals surface area contributed by atoms with Crippen molar-refractivity contribution in [3.8, 4) is 0 Å². The van der Waals surface area contributed by atoms with Crippen molar-refractivity contribution in [1.29, 1.82) is 0 Å². The first-order chi connectivity index (χ1) is 34.0. The topological polar surface area (TPSA) is 231 Å². The maximum Gasteiger partial charge on any atom is 0.306 e. The average Bonchev–Trinajstić information content (AvgIpc) is 3.35. The number of hydrogen-bond donors (Lipinski definition) is 7. The molecule has 0 radical (unpaired) electrons. The Kier molecular flexibility index (Phi) is 38.4. The van der Waals surface area contributed by atoms with Gasteiger partial charge in [-0.25, -0.2) is 0 Å². The van der Waals surface area contributed by atoms with E-state index in [2.05, 4.69) is 37.8 Å². The molecule has 0 saturated carbocycles. The largest absolute Gasteiger partial charge is 0.462 e. The van der Waals surface area contributed by atoms with E-state index in [-0.39, 0.29) is 26.1 Å². The average molecular weight is 999 g/mol. The standard InChI is InChI=1S/C55H98O15/c1-3-5-7-9-11-13-15-17-19-20-21-22-24-26-28-30-32-34-36-38-47(58)68-43(40-65-46(57)37-35-33-31-29-27-25-23-18-16-14-12-10-8-6-4-2)41-66-54-53(64)51(62)49(60)45(70-54)42-67-55-52(63)50(61)48(59)44(39-56)69-55/h4,11,13,17,19,43-45,48-56,59-64H,2-3,5-10,12,14-16,18,20-42H2,1H3/b13-11+,19-17+/t43-,44+,45+,48-,49-,50?,51?,52?,53?,54+,55+/m1/s1. The highest BCUT2D eigenvalue weighted by atomic mass is 16.7. The molecule has 2 rings (SSSR count). The smallest absolute Gasteiger partial charge is 0.306 e. The molecule has 2 saturated heterocycles. The Balaban J connectivity index is 1.77. The minimum absolute atomic E-state index is 0.161. The van der Waals surface area contributed by atoms with E-state index in [9.17, 15) is 45.3 Å². The fraction of sp³-hybridized carbons (Fsp3) is 0.855. The normalized spacial score (nSPS) is 25.4. The quantitative estimate of drug-likeness (QED) is 0.0172. The highest BCUT2D eigenvalue weighted by Crippen LogP contribution is 2.27. The maximum atomic E-state index is 13.0. The summed E-state index contributed by atoms with van der Waals surface area (Å²) in [4.78, 5) is 25.8. The van der Waals surface area contributed by atoms with Crippen LogP contribution in [0.15, 0.2) is 37.0 Å². The van der Waals surface area contributed by atoms with Crippen LogP contribution in [0.2, 0.25) is 0 Å². The van der Waals surface area contributed by atoms with Gasteiger partial charge in [0, 0.05) is 12.8 Å². The minimum atomic E-state index is -1.77. The molecule has 15 heteroatoms. The number of carbonyl (C=O) groups is 2. The lowest BCUT2D eigenvalue weighted by molar-refractivity contribution is -0.332. The number of carbonyl (C=O) groups excluding carboxylic acids is 2. The van der Waals surface area contributed by atoms with Gasteiger partial charge in [0.25, 0.3) is 0 Å². The lowest BCUT2D eigenvalue weighted by Gasteiger charge is -2.42. The van der Waals surface area contributed by atoms with Crippen LogP contribution in [0.4, 0.5) is 0 Å². The maximum absolute atomic E-state index is 13.0. The summed E-state index contributed by atoms with van der Waals surface area (Å²) >= 11 is 0. The number of ether oxygens (including phenoxy) is 6. The summed E-state index contributed by atoms with van der Waals surface area (Å²) in [5.74, 6) is -0.927. The molecule has 70 heavy (non-hydrogen) atoms. The molecule has 11 atom stereocenters. The summed E-state index contributed by atoms with van der Waals surface area (Å²) < 4.78 is 33.6.